The van der Waals surface area contributed by atoms with Crippen LogP contribution in [0.5, 0.6) is 0 Å². The number of pyridine rings is 1. The Hall–Kier alpha value is -2.87. The zero-order chi connectivity index (χ0) is 19.5. The molecular weight excluding hydrogens is 378 g/mol. The summed E-state index contributed by atoms with van der Waals surface area (Å²) in [6.45, 7) is 6.86. The van der Waals surface area contributed by atoms with Crippen LogP contribution in [0.25, 0.3) is 5.52 Å². The average molecular weight is 398 g/mol. The molecule has 0 saturated heterocycles. The summed E-state index contributed by atoms with van der Waals surface area (Å²) in [5, 5.41) is 13.9. The van der Waals surface area contributed by atoms with Gasteiger partial charge in [0.25, 0.3) is 0 Å². The van der Waals surface area contributed by atoms with Crippen LogP contribution in [0, 0.1) is 0 Å². The van der Waals surface area contributed by atoms with E-state index in [0.29, 0.717) is 23.6 Å². The molecule has 0 aliphatic carbocycles. The lowest BCUT2D eigenvalue weighted by Gasteiger charge is -2.32. The Balaban J connectivity index is 1.64. The number of aromatic amines is 1. The van der Waals surface area contributed by atoms with Gasteiger partial charge >= 0.3 is 6.01 Å². The molecule has 1 atom stereocenters. The predicted octanol–water partition coefficient (Wildman–Crippen LogP) is 3.54. The van der Waals surface area contributed by atoms with Crippen molar-refractivity contribution in [2.24, 2.45) is 0 Å². The maximum Gasteiger partial charge on any atom is 0.319 e. The maximum atomic E-state index is 6.32. The second kappa shape index (κ2) is 6.07. The number of H-pyrrole nitrogens is 1. The molecule has 0 spiro atoms. The van der Waals surface area contributed by atoms with Crippen LogP contribution in [0.4, 0.5) is 6.01 Å². The Morgan fingerprint density at radius 3 is 2.86 bits per heavy atom. The summed E-state index contributed by atoms with van der Waals surface area (Å²) in [6, 6.07) is 7.97. The average Bonchev–Trinajstić information content (AvgIpc) is 3.38. The van der Waals surface area contributed by atoms with E-state index in [2.05, 4.69) is 25.1 Å². The largest absolute Gasteiger partial charge is 0.407 e. The summed E-state index contributed by atoms with van der Waals surface area (Å²) >= 11 is 6.32. The minimum absolute atomic E-state index is 0.218. The molecule has 1 N–H and O–H groups in total. The number of nitrogens with one attached hydrogen (secondary N) is 1. The van der Waals surface area contributed by atoms with E-state index in [-0.39, 0.29) is 11.5 Å². The van der Waals surface area contributed by atoms with Gasteiger partial charge in [-0.1, -0.05) is 43.5 Å². The third kappa shape index (κ3) is 2.67. The summed E-state index contributed by atoms with van der Waals surface area (Å²) < 4.78 is 7.76. The number of aromatic nitrogens is 6. The Labute approximate surface area is 166 Å². The number of hydrogen-bond acceptors (Lipinski definition) is 6. The van der Waals surface area contributed by atoms with E-state index >= 15 is 0 Å². The first-order valence-electron chi connectivity index (χ1n) is 9.19. The number of nitrogens with zero attached hydrogens (tertiary/aromatic N) is 6. The van der Waals surface area contributed by atoms with E-state index in [9.17, 15) is 0 Å². The Morgan fingerprint density at radius 1 is 1.25 bits per heavy atom. The van der Waals surface area contributed by atoms with Crippen molar-refractivity contribution in [3.8, 4) is 0 Å². The lowest BCUT2D eigenvalue weighted by atomic mass is 9.97. The van der Waals surface area contributed by atoms with E-state index in [1.165, 1.54) is 0 Å². The van der Waals surface area contributed by atoms with Crippen LogP contribution in [-0.2, 0) is 11.8 Å². The highest BCUT2D eigenvalue weighted by molar-refractivity contribution is 6.29. The molecule has 0 radical (unpaired) electrons. The summed E-state index contributed by atoms with van der Waals surface area (Å²) in [5.74, 6) is 0.604. The minimum Gasteiger partial charge on any atom is -0.407 e. The van der Waals surface area contributed by atoms with Crippen molar-refractivity contribution in [2.75, 3.05) is 11.4 Å². The maximum absolute atomic E-state index is 6.32. The van der Waals surface area contributed by atoms with Crippen molar-refractivity contribution in [2.45, 2.75) is 38.6 Å². The van der Waals surface area contributed by atoms with Gasteiger partial charge in [-0.25, -0.2) is 9.50 Å². The predicted molar refractivity (Wildman–Crippen MR) is 105 cm³/mol. The lowest BCUT2D eigenvalue weighted by molar-refractivity contribution is 0.385. The molecule has 1 unspecified atom stereocenters. The number of fused-ring (bicyclic) bond motifs is 2. The Bertz CT molecular complexity index is 1150. The van der Waals surface area contributed by atoms with Gasteiger partial charge in [0.05, 0.1) is 23.2 Å². The van der Waals surface area contributed by atoms with Crippen molar-refractivity contribution in [3.05, 3.63) is 58.7 Å². The quantitative estimate of drug-likeness (QED) is 0.520. The molecule has 28 heavy (non-hydrogen) atoms. The molecule has 8 nitrogen and oxygen atoms in total. The second-order valence-corrected chi connectivity index (χ2v) is 8.39. The first-order valence-corrected chi connectivity index (χ1v) is 9.56. The molecule has 0 fully saturated rings. The lowest BCUT2D eigenvalue weighted by Crippen LogP contribution is -2.37. The molecule has 5 rings (SSSR count). The Kier molecular flexibility index (Phi) is 3.74. The number of halogens is 1. The summed E-state index contributed by atoms with van der Waals surface area (Å²) in [4.78, 5) is 9.88. The third-order valence-corrected chi connectivity index (χ3v) is 5.25. The molecule has 1 aliphatic heterocycles. The third-order valence-electron chi connectivity index (χ3n) is 4.97. The molecule has 9 heteroatoms. The van der Waals surface area contributed by atoms with Gasteiger partial charge in [0.15, 0.2) is 0 Å². The van der Waals surface area contributed by atoms with Crippen LogP contribution in [0.1, 0.15) is 49.8 Å². The van der Waals surface area contributed by atoms with E-state index in [0.717, 1.165) is 29.0 Å². The van der Waals surface area contributed by atoms with Gasteiger partial charge in [-0.05, 0) is 18.2 Å². The van der Waals surface area contributed by atoms with Crippen LogP contribution >= 0.6 is 11.6 Å². The molecule has 0 aromatic carbocycles. The van der Waals surface area contributed by atoms with Crippen molar-refractivity contribution in [3.63, 3.8) is 0 Å². The van der Waals surface area contributed by atoms with Crippen molar-refractivity contribution >= 4 is 23.1 Å². The van der Waals surface area contributed by atoms with Gasteiger partial charge in [0, 0.05) is 24.1 Å². The highest BCUT2D eigenvalue weighted by Crippen LogP contribution is 2.37. The fourth-order valence-electron chi connectivity index (χ4n) is 3.55. The van der Waals surface area contributed by atoms with Crippen LogP contribution < -0.4 is 4.90 Å². The molecular formula is C19H20ClN7O. The van der Waals surface area contributed by atoms with Gasteiger partial charge in [-0.2, -0.15) is 5.10 Å². The van der Waals surface area contributed by atoms with Crippen LogP contribution in [0.15, 0.2) is 35.0 Å². The summed E-state index contributed by atoms with van der Waals surface area (Å²) in [6.07, 6.45) is 2.53. The molecule has 0 bridgehead atoms. The zero-order valence-corrected chi connectivity index (χ0v) is 16.6. The SMILES string of the molecule is CC(C)(C)c1nnc(N2CCc3[nH]cnc3C2c2cc3cccc(Cl)n3n2)o1. The van der Waals surface area contributed by atoms with E-state index < -0.39 is 0 Å². The molecule has 0 amide bonds. The van der Waals surface area contributed by atoms with Crippen LogP contribution in [0.3, 0.4) is 0 Å². The molecule has 4 aromatic rings. The van der Waals surface area contributed by atoms with Crippen molar-refractivity contribution in [1.82, 2.24) is 29.8 Å². The first-order chi connectivity index (χ1) is 13.4. The molecule has 0 saturated carbocycles. The number of imidazole rings is 1. The smallest absolute Gasteiger partial charge is 0.319 e. The first kappa shape index (κ1) is 17.2. The zero-order valence-electron chi connectivity index (χ0n) is 15.8. The molecule has 1 aliphatic rings. The monoisotopic (exact) mass is 397 g/mol. The fraction of sp³-hybridized carbons (Fsp3) is 0.368. The Morgan fingerprint density at radius 2 is 2.11 bits per heavy atom. The van der Waals surface area contributed by atoms with E-state index in [1.54, 1.807) is 10.8 Å². The normalized spacial score (nSPS) is 17.3. The van der Waals surface area contributed by atoms with Crippen LogP contribution in [0.2, 0.25) is 5.15 Å². The van der Waals surface area contributed by atoms with Crippen molar-refractivity contribution in [1.29, 1.82) is 0 Å². The van der Waals surface area contributed by atoms with Gasteiger partial charge in [-0.15, -0.1) is 5.10 Å². The second-order valence-electron chi connectivity index (χ2n) is 8.01. The van der Waals surface area contributed by atoms with Gasteiger partial charge in [-0.3, -0.25) is 0 Å². The highest BCUT2D eigenvalue weighted by Gasteiger charge is 2.36. The van der Waals surface area contributed by atoms with Gasteiger partial charge < -0.3 is 14.3 Å². The van der Waals surface area contributed by atoms with Crippen molar-refractivity contribution < 1.29 is 4.42 Å². The molecule has 5 heterocycles. The molecule has 4 aromatic heterocycles. The topological polar surface area (TPSA) is 88.1 Å². The van der Waals surface area contributed by atoms with E-state index in [4.69, 9.17) is 21.1 Å². The standard InChI is InChI=1S/C19H20ClN7O/c1-19(2,3)17-23-24-18(28-17)26-8-7-12-15(22-10-21-12)16(26)13-9-11-5-4-6-14(20)27(11)25-13/h4-6,9-10,16H,7-8H2,1-3H3,(H,21,22). The van der Waals surface area contributed by atoms with Crippen LogP contribution in [-0.4, -0.2) is 36.3 Å². The number of hydrogen-bond donors (Lipinski definition) is 1. The minimum atomic E-state index is -0.237. The summed E-state index contributed by atoms with van der Waals surface area (Å²) in [5.41, 5.74) is 3.55. The fourth-order valence-corrected chi connectivity index (χ4v) is 3.76. The summed E-state index contributed by atoms with van der Waals surface area (Å²) in [7, 11) is 0. The van der Waals surface area contributed by atoms with E-state index in [1.807, 2.05) is 45.0 Å². The van der Waals surface area contributed by atoms with Gasteiger partial charge in [0.1, 0.15) is 11.2 Å². The van der Waals surface area contributed by atoms with Gasteiger partial charge in [0.2, 0.25) is 5.89 Å². The molecule has 144 valence electrons. The highest BCUT2D eigenvalue weighted by atomic mass is 35.5. The number of rotatable bonds is 2. The number of anilines is 1.